The van der Waals surface area contributed by atoms with Crippen LogP contribution in [0, 0.1) is 5.82 Å². The van der Waals surface area contributed by atoms with Crippen molar-refractivity contribution in [1.29, 1.82) is 0 Å². The first kappa shape index (κ1) is 14.4. The maximum Gasteiger partial charge on any atom is 0.402 e. The fourth-order valence-corrected chi connectivity index (χ4v) is 3.01. The molecule has 96 valence electrons. The van der Waals surface area contributed by atoms with Crippen molar-refractivity contribution >= 4 is 26.0 Å². The molecular formula is C8H6BrF4NO2S. The number of hydrogen-bond acceptors (Lipinski definition) is 2. The monoisotopic (exact) mass is 335 g/mol. The SMILES string of the molecule is O=S(=O)(NCC(F)(F)F)c1ccc(F)cc1Br. The highest BCUT2D eigenvalue weighted by Crippen LogP contribution is 2.23. The second kappa shape index (κ2) is 4.91. The van der Waals surface area contributed by atoms with Crippen LogP contribution in [0.4, 0.5) is 17.6 Å². The Balaban J connectivity index is 2.98. The van der Waals surface area contributed by atoms with Crippen LogP contribution in [0.15, 0.2) is 27.6 Å². The van der Waals surface area contributed by atoms with E-state index in [0.29, 0.717) is 0 Å². The lowest BCUT2D eigenvalue weighted by atomic mass is 10.3. The average molecular weight is 336 g/mol. The van der Waals surface area contributed by atoms with E-state index in [2.05, 4.69) is 15.9 Å². The summed E-state index contributed by atoms with van der Waals surface area (Å²) in [5, 5.41) is 0. The predicted octanol–water partition coefficient (Wildman–Crippen LogP) is 2.43. The van der Waals surface area contributed by atoms with E-state index in [1.807, 2.05) is 0 Å². The van der Waals surface area contributed by atoms with Crippen molar-refractivity contribution in [1.82, 2.24) is 4.72 Å². The van der Waals surface area contributed by atoms with Gasteiger partial charge in [0, 0.05) is 4.47 Å². The van der Waals surface area contributed by atoms with Crippen molar-refractivity contribution in [3.05, 3.63) is 28.5 Å². The van der Waals surface area contributed by atoms with Gasteiger partial charge in [0.1, 0.15) is 12.4 Å². The van der Waals surface area contributed by atoms with E-state index >= 15 is 0 Å². The second-order valence-electron chi connectivity index (χ2n) is 3.01. The number of sulfonamides is 1. The summed E-state index contributed by atoms with van der Waals surface area (Å²) in [4.78, 5) is -0.455. The Morgan fingerprint density at radius 3 is 2.35 bits per heavy atom. The molecule has 0 saturated carbocycles. The highest BCUT2D eigenvalue weighted by molar-refractivity contribution is 9.10. The largest absolute Gasteiger partial charge is 0.402 e. The Bertz CT molecular complexity index is 515. The van der Waals surface area contributed by atoms with Crippen molar-refractivity contribution < 1.29 is 26.0 Å². The minimum atomic E-state index is -4.65. The smallest absolute Gasteiger partial charge is 0.207 e. The van der Waals surface area contributed by atoms with E-state index in [0.717, 1.165) is 18.2 Å². The van der Waals surface area contributed by atoms with Crippen molar-refractivity contribution in [2.45, 2.75) is 11.1 Å². The molecule has 0 fully saturated rings. The van der Waals surface area contributed by atoms with Gasteiger partial charge in [0.15, 0.2) is 0 Å². The molecule has 0 aromatic heterocycles. The Hall–Kier alpha value is -0.670. The summed E-state index contributed by atoms with van der Waals surface area (Å²) in [7, 11) is -4.32. The molecule has 0 atom stereocenters. The van der Waals surface area contributed by atoms with Gasteiger partial charge in [-0.15, -0.1) is 0 Å². The van der Waals surface area contributed by atoms with Gasteiger partial charge in [-0.25, -0.2) is 17.5 Å². The van der Waals surface area contributed by atoms with E-state index in [1.54, 1.807) is 0 Å². The minimum Gasteiger partial charge on any atom is -0.207 e. The first-order valence-electron chi connectivity index (χ1n) is 4.13. The van der Waals surface area contributed by atoms with Crippen LogP contribution in [0.3, 0.4) is 0 Å². The molecule has 1 aromatic rings. The zero-order chi connectivity index (χ0) is 13.3. The predicted molar refractivity (Wildman–Crippen MR) is 55.3 cm³/mol. The van der Waals surface area contributed by atoms with E-state index in [9.17, 15) is 26.0 Å². The number of benzene rings is 1. The quantitative estimate of drug-likeness (QED) is 0.862. The van der Waals surface area contributed by atoms with Crippen LogP contribution in [0.25, 0.3) is 0 Å². The molecule has 0 aliphatic carbocycles. The summed E-state index contributed by atoms with van der Waals surface area (Å²) in [6, 6.07) is 2.56. The molecule has 0 heterocycles. The summed E-state index contributed by atoms with van der Waals surface area (Å²) in [5.74, 6) is -0.702. The normalized spacial score (nSPS) is 12.8. The highest BCUT2D eigenvalue weighted by Gasteiger charge is 2.30. The molecule has 1 aromatic carbocycles. The van der Waals surface area contributed by atoms with Crippen LogP contribution in [0.1, 0.15) is 0 Å². The maximum atomic E-state index is 12.7. The van der Waals surface area contributed by atoms with Crippen molar-refractivity contribution in [2.24, 2.45) is 0 Å². The standard InChI is InChI=1S/C8H6BrF4NO2S/c9-6-3-5(10)1-2-7(6)17(15,16)14-4-8(11,12)13/h1-3,14H,4H2. The van der Waals surface area contributed by atoms with Crippen molar-refractivity contribution in [2.75, 3.05) is 6.54 Å². The van der Waals surface area contributed by atoms with E-state index in [4.69, 9.17) is 0 Å². The summed E-state index contributed by atoms with van der Waals surface area (Å²) >= 11 is 2.76. The third-order valence-electron chi connectivity index (χ3n) is 1.65. The molecule has 0 spiro atoms. The first-order chi connectivity index (χ1) is 7.62. The number of nitrogens with one attached hydrogen (secondary N) is 1. The summed E-state index contributed by atoms with van der Waals surface area (Å²) in [6.07, 6.45) is -4.65. The molecule has 3 nitrogen and oxygen atoms in total. The lowest BCUT2D eigenvalue weighted by Gasteiger charge is -2.10. The van der Waals surface area contributed by atoms with E-state index in [1.165, 1.54) is 4.72 Å². The molecule has 0 saturated heterocycles. The molecule has 0 radical (unpaired) electrons. The third kappa shape index (κ3) is 4.25. The van der Waals surface area contributed by atoms with Gasteiger partial charge < -0.3 is 0 Å². The summed E-state index contributed by atoms with van der Waals surface area (Å²) in [6.45, 7) is -1.68. The van der Waals surface area contributed by atoms with Gasteiger partial charge in [-0.1, -0.05) is 0 Å². The Morgan fingerprint density at radius 2 is 1.88 bits per heavy atom. The van der Waals surface area contributed by atoms with Gasteiger partial charge >= 0.3 is 6.18 Å². The second-order valence-corrected chi connectivity index (χ2v) is 5.60. The lowest BCUT2D eigenvalue weighted by Crippen LogP contribution is -2.33. The van der Waals surface area contributed by atoms with Crippen molar-refractivity contribution in [3.63, 3.8) is 0 Å². The zero-order valence-electron chi connectivity index (χ0n) is 8.05. The summed E-state index contributed by atoms with van der Waals surface area (Å²) < 4.78 is 72.4. The third-order valence-corrected chi connectivity index (χ3v) is 4.02. The van der Waals surface area contributed by atoms with E-state index in [-0.39, 0.29) is 4.47 Å². The topological polar surface area (TPSA) is 46.2 Å². The molecule has 0 bridgehead atoms. The molecule has 0 amide bonds. The van der Waals surface area contributed by atoms with Crippen LogP contribution in [-0.4, -0.2) is 21.1 Å². The molecule has 0 unspecified atom stereocenters. The Labute approximate surface area is 103 Å². The van der Waals surface area contributed by atoms with E-state index < -0.39 is 33.5 Å². The molecule has 1 N–H and O–H groups in total. The Morgan fingerprint density at radius 1 is 1.29 bits per heavy atom. The molecular weight excluding hydrogens is 330 g/mol. The summed E-state index contributed by atoms with van der Waals surface area (Å²) in [5.41, 5.74) is 0. The fourth-order valence-electron chi connectivity index (χ4n) is 0.948. The molecule has 17 heavy (non-hydrogen) atoms. The molecule has 0 aliphatic rings. The van der Waals surface area contributed by atoms with Crippen molar-refractivity contribution in [3.8, 4) is 0 Å². The van der Waals surface area contributed by atoms with Crippen LogP contribution < -0.4 is 4.72 Å². The molecule has 1 rings (SSSR count). The van der Waals surface area contributed by atoms with Gasteiger partial charge in [-0.3, -0.25) is 0 Å². The van der Waals surface area contributed by atoms with Gasteiger partial charge in [-0.05, 0) is 34.1 Å². The zero-order valence-corrected chi connectivity index (χ0v) is 10.5. The Kier molecular flexibility index (Phi) is 4.15. The first-order valence-corrected chi connectivity index (χ1v) is 6.41. The van der Waals surface area contributed by atoms with Crippen LogP contribution in [0.5, 0.6) is 0 Å². The van der Waals surface area contributed by atoms with Crippen LogP contribution >= 0.6 is 15.9 Å². The number of alkyl halides is 3. The lowest BCUT2D eigenvalue weighted by molar-refractivity contribution is -0.121. The van der Waals surface area contributed by atoms with Gasteiger partial charge in [0.25, 0.3) is 0 Å². The number of hydrogen-bond donors (Lipinski definition) is 1. The maximum absolute atomic E-state index is 12.7. The van der Waals surface area contributed by atoms with Crippen LogP contribution in [0.2, 0.25) is 0 Å². The highest BCUT2D eigenvalue weighted by atomic mass is 79.9. The number of halogens is 5. The van der Waals surface area contributed by atoms with Gasteiger partial charge in [0.2, 0.25) is 10.0 Å². The van der Waals surface area contributed by atoms with Crippen LogP contribution in [-0.2, 0) is 10.0 Å². The average Bonchev–Trinajstić information content (AvgIpc) is 2.13. The fraction of sp³-hybridized carbons (Fsp3) is 0.250. The molecule has 9 heteroatoms. The van der Waals surface area contributed by atoms with Gasteiger partial charge in [0.05, 0.1) is 4.90 Å². The minimum absolute atomic E-state index is 0.146. The molecule has 0 aliphatic heterocycles. The number of rotatable bonds is 3. The van der Waals surface area contributed by atoms with Gasteiger partial charge in [-0.2, -0.15) is 13.2 Å².